The minimum atomic E-state index is -4.61. The summed E-state index contributed by atoms with van der Waals surface area (Å²) in [5.74, 6) is -0.258. The first kappa shape index (κ1) is 49.7. The Morgan fingerprint density at radius 2 is 1.19 bits per heavy atom. The summed E-state index contributed by atoms with van der Waals surface area (Å²) in [6.07, 6.45) is 46.3. The van der Waals surface area contributed by atoms with Gasteiger partial charge in [-0.05, 0) is 83.5 Å². The lowest BCUT2D eigenvalue weighted by atomic mass is 10.1. The van der Waals surface area contributed by atoms with Crippen LogP contribution in [0.2, 0.25) is 0 Å². The Labute approximate surface area is 318 Å². The molecule has 0 spiro atoms. The highest BCUT2D eigenvalue weighted by atomic mass is 31.2. The van der Waals surface area contributed by atoms with Gasteiger partial charge in [0.15, 0.2) is 0 Å². The molecular weight excluding hydrogens is 671 g/mol. The molecule has 3 unspecified atom stereocenters. The number of nitrogens with one attached hydrogen (secondary N) is 1. The zero-order valence-electron chi connectivity index (χ0n) is 33.5. The van der Waals surface area contributed by atoms with Crippen LogP contribution in [0, 0.1) is 0 Å². The van der Waals surface area contributed by atoms with E-state index in [1.54, 1.807) is 6.08 Å². The molecule has 0 saturated heterocycles. The molecule has 0 aliphatic rings. The second-order valence-corrected chi connectivity index (χ2v) is 15.6. The van der Waals surface area contributed by atoms with E-state index in [1.807, 2.05) is 27.2 Å². The summed E-state index contributed by atoms with van der Waals surface area (Å²) < 4.78 is 23.1. The van der Waals surface area contributed by atoms with Gasteiger partial charge in [-0.2, -0.15) is 0 Å². The third-order valence-corrected chi connectivity index (χ3v) is 9.03. The number of phosphoric ester groups is 1. The number of likely N-dealkylation sites (N-methyl/N-ethyl adjacent to an activating group) is 1. The van der Waals surface area contributed by atoms with E-state index < -0.39 is 26.6 Å². The molecule has 298 valence electrons. The van der Waals surface area contributed by atoms with Crippen LogP contribution in [0.4, 0.5) is 0 Å². The van der Waals surface area contributed by atoms with Crippen molar-refractivity contribution in [2.75, 3.05) is 40.9 Å². The number of rotatable bonds is 34. The van der Waals surface area contributed by atoms with E-state index in [4.69, 9.17) is 9.05 Å². The molecule has 0 radical (unpaired) electrons. The molecule has 3 atom stereocenters. The van der Waals surface area contributed by atoms with Crippen molar-refractivity contribution in [3.8, 4) is 0 Å². The van der Waals surface area contributed by atoms with Crippen molar-refractivity contribution >= 4 is 13.7 Å². The Balaban J connectivity index is 4.70. The molecule has 2 N–H and O–H groups in total. The van der Waals surface area contributed by atoms with Crippen LogP contribution in [0.3, 0.4) is 0 Å². The number of allylic oxidation sites excluding steroid dienone is 13. The fourth-order valence-electron chi connectivity index (χ4n) is 4.88. The van der Waals surface area contributed by atoms with Gasteiger partial charge in [-0.15, -0.1) is 0 Å². The average molecular weight is 747 g/mol. The molecule has 0 bridgehead atoms. The molecule has 0 aromatic heterocycles. The molecule has 0 aromatic rings. The van der Waals surface area contributed by atoms with Crippen LogP contribution < -0.4 is 10.2 Å². The van der Waals surface area contributed by atoms with Gasteiger partial charge in [0.1, 0.15) is 13.2 Å². The summed E-state index contributed by atoms with van der Waals surface area (Å²) in [6, 6.07) is -0.934. The van der Waals surface area contributed by atoms with E-state index in [9.17, 15) is 19.4 Å². The standard InChI is InChI=1S/C43H75N2O6P/c1-6-8-10-12-14-16-18-20-22-24-26-28-30-32-34-36-42(46)41(40-51-52(48,49)50-39-38-45(3,4)5)44-43(47)37-35-33-31-29-27-25-23-21-19-17-15-13-11-9-7-2/h9,11,15,17-18,20-21,23,26-29,34,36,41-42,46H,6-8,10,12-14,16,19,22,24-25,30-33,35,37-40H2,1-5H3,(H-,44,47,48,49)/b11-9-,17-15-,20-18+,23-21-,28-26+,29-27-,36-34+. The molecule has 0 saturated carbocycles. The van der Waals surface area contributed by atoms with E-state index >= 15 is 0 Å². The number of nitrogens with zero attached hydrogens (tertiary/aromatic N) is 1. The van der Waals surface area contributed by atoms with E-state index in [0.717, 1.165) is 64.2 Å². The summed E-state index contributed by atoms with van der Waals surface area (Å²) in [4.78, 5) is 25.2. The number of hydrogen-bond donors (Lipinski definition) is 2. The van der Waals surface area contributed by atoms with Crippen molar-refractivity contribution < 1.29 is 32.9 Å². The Morgan fingerprint density at radius 3 is 1.77 bits per heavy atom. The molecular formula is C43H75N2O6P. The quantitative estimate of drug-likeness (QED) is 0.0294. The topological polar surface area (TPSA) is 108 Å². The lowest BCUT2D eigenvalue weighted by molar-refractivity contribution is -0.870. The monoisotopic (exact) mass is 747 g/mol. The number of unbranched alkanes of at least 4 members (excludes halogenated alkanes) is 9. The molecule has 52 heavy (non-hydrogen) atoms. The number of quaternary nitrogens is 1. The van der Waals surface area contributed by atoms with Crippen LogP contribution in [0.15, 0.2) is 85.1 Å². The van der Waals surface area contributed by atoms with Crippen LogP contribution >= 0.6 is 7.82 Å². The van der Waals surface area contributed by atoms with Gasteiger partial charge in [0.25, 0.3) is 7.82 Å². The highest BCUT2D eigenvalue weighted by Gasteiger charge is 2.23. The number of aliphatic hydroxyl groups is 1. The summed E-state index contributed by atoms with van der Waals surface area (Å²) in [7, 11) is 1.19. The van der Waals surface area contributed by atoms with Crippen molar-refractivity contribution in [2.24, 2.45) is 0 Å². The first-order chi connectivity index (χ1) is 25.0. The highest BCUT2D eigenvalue weighted by Crippen LogP contribution is 2.38. The van der Waals surface area contributed by atoms with E-state index in [-0.39, 0.29) is 18.9 Å². The van der Waals surface area contributed by atoms with Crippen molar-refractivity contribution in [1.82, 2.24) is 5.32 Å². The fourth-order valence-corrected chi connectivity index (χ4v) is 5.60. The van der Waals surface area contributed by atoms with Crippen LogP contribution in [-0.2, 0) is 18.4 Å². The van der Waals surface area contributed by atoms with Crippen molar-refractivity contribution in [3.05, 3.63) is 85.1 Å². The van der Waals surface area contributed by atoms with Gasteiger partial charge in [-0.3, -0.25) is 9.36 Å². The number of amides is 1. The molecule has 0 aliphatic heterocycles. The maximum atomic E-state index is 12.8. The van der Waals surface area contributed by atoms with Crippen LogP contribution in [0.25, 0.3) is 0 Å². The number of hydrogen-bond acceptors (Lipinski definition) is 6. The second kappa shape index (κ2) is 34.4. The third kappa shape index (κ3) is 36.1. The zero-order valence-corrected chi connectivity index (χ0v) is 34.4. The van der Waals surface area contributed by atoms with E-state index in [1.165, 1.54) is 32.1 Å². The van der Waals surface area contributed by atoms with Crippen molar-refractivity contribution in [1.29, 1.82) is 0 Å². The normalized spacial score (nSPS) is 15.4. The molecule has 1 amide bonds. The molecule has 0 fully saturated rings. The molecule has 0 aromatic carbocycles. The summed E-state index contributed by atoms with van der Waals surface area (Å²) in [6.45, 7) is 4.41. The number of aliphatic hydroxyl groups excluding tert-OH is 1. The molecule has 0 rings (SSSR count). The van der Waals surface area contributed by atoms with E-state index in [2.05, 4.69) is 92.1 Å². The minimum absolute atomic E-state index is 0.0219. The van der Waals surface area contributed by atoms with Crippen LogP contribution in [-0.4, -0.2) is 68.5 Å². The smallest absolute Gasteiger partial charge is 0.268 e. The lowest BCUT2D eigenvalue weighted by Gasteiger charge is -2.29. The van der Waals surface area contributed by atoms with Gasteiger partial charge in [-0.1, -0.05) is 125 Å². The van der Waals surface area contributed by atoms with Gasteiger partial charge in [0.05, 0.1) is 39.9 Å². The van der Waals surface area contributed by atoms with Gasteiger partial charge >= 0.3 is 0 Å². The number of phosphoric acid groups is 1. The van der Waals surface area contributed by atoms with E-state index in [0.29, 0.717) is 23.9 Å². The minimum Gasteiger partial charge on any atom is -0.756 e. The molecule has 8 nitrogen and oxygen atoms in total. The summed E-state index contributed by atoms with van der Waals surface area (Å²) >= 11 is 0. The largest absolute Gasteiger partial charge is 0.756 e. The molecule has 9 heteroatoms. The first-order valence-corrected chi connectivity index (χ1v) is 21.4. The van der Waals surface area contributed by atoms with Crippen molar-refractivity contribution in [2.45, 2.75) is 142 Å². The predicted molar refractivity (Wildman–Crippen MR) is 219 cm³/mol. The predicted octanol–water partition coefficient (Wildman–Crippen LogP) is 9.99. The fraction of sp³-hybridized carbons (Fsp3) is 0.651. The Hall–Kier alpha value is -2.32. The Morgan fingerprint density at radius 1 is 0.692 bits per heavy atom. The summed E-state index contributed by atoms with van der Waals surface area (Å²) in [5, 5.41) is 13.7. The Kier molecular flexibility index (Phi) is 32.9. The first-order valence-electron chi connectivity index (χ1n) is 19.9. The number of carbonyl (C=O) groups is 1. The van der Waals surface area contributed by atoms with Crippen LogP contribution in [0.5, 0.6) is 0 Å². The average Bonchev–Trinajstić information content (AvgIpc) is 3.09. The highest BCUT2D eigenvalue weighted by molar-refractivity contribution is 7.45. The lowest BCUT2D eigenvalue weighted by Crippen LogP contribution is -2.45. The molecule has 0 aliphatic carbocycles. The molecule has 0 heterocycles. The number of carbonyl (C=O) groups excluding carboxylic acids is 1. The second-order valence-electron chi connectivity index (χ2n) is 14.2. The SMILES string of the molecule is CC/C=C\C/C=C\C/C=C\C/C=C\CCCCC(=O)NC(COP(=O)([O-])OCC[N+](C)(C)C)C(O)/C=C/CC/C=C/CC/C=C/CCCCCCC. The van der Waals surface area contributed by atoms with Gasteiger partial charge < -0.3 is 28.8 Å². The zero-order chi connectivity index (χ0) is 38.6. The van der Waals surface area contributed by atoms with Gasteiger partial charge in [0.2, 0.25) is 5.91 Å². The van der Waals surface area contributed by atoms with Crippen LogP contribution in [0.1, 0.15) is 129 Å². The van der Waals surface area contributed by atoms with Crippen molar-refractivity contribution in [3.63, 3.8) is 0 Å². The van der Waals surface area contributed by atoms with Gasteiger partial charge in [0, 0.05) is 6.42 Å². The van der Waals surface area contributed by atoms with Gasteiger partial charge in [-0.25, -0.2) is 0 Å². The maximum Gasteiger partial charge on any atom is 0.268 e. The third-order valence-electron chi connectivity index (χ3n) is 8.07. The maximum absolute atomic E-state index is 12.8. The Bertz CT molecular complexity index is 1120. The summed E-state index contributed by atoms with van der Waals surface area (Å²) in [5.41, 5.74) is 0.